The van der Waals surface area contributed by atoms with E-state index in [-0.39, 0.29) is 5.56 Å². The van der Waals surface area contributed by atoms with Crippen molar-refractivity contribution in [3.63, 3.8) is 0 Å². The van der Waals surface area contributed by atoms with Gasteiger partial charge in [0.05, 0.1) is 0 Å². The monoisotopic (exact) mass is 249 g/mol. The molecule has 0 spiro atoms. The second kappa shape index (κ2) is 4.68. The summed E-state index contributed by atoms with van der Waals surface area (Å²) in [5.74, 6) is 0.867. The van der Waals surface area contributed by atoms with Crippen molar-refractivity contribution in [2.75, 3.05) is 5.73 Å². The number of alkyl halides is 2. The predicted molar refractivity (Wildman–Crippen MR) is 66.3 cm³/mol. The molecular formula is C13H13F2N3. The fourth-order valence-electron chi connectivity index (χ4n) is 1.56. The molecule has 1 aromatic carbocycles. The first kappa shape index (κ1) is 12.4. The number of benzene rings is 1. The van der Waals surface area contributed by atoms with Crippen molar-refractivity contribution in [1.29, 1.82) is 0 Å². The van der Waals surface area contributed by atoms with Crippen LogP contribution in [0.4, 0.5) is 14.6 Å². The summed E-state index contributed by atoms with van der Waals surface area (Å²) in [5.41, 5.74) is 8.05. The van der Waals surface area contributed by atoms with Crippen LogP contribution in [-0.2, 0) is 0 Å². The number of rotatable bonds is 2. The van der Waals surface area contributed by atoms with Crippen molar-refractivity contribution in [1.82, 2.24) is 9.97 Å². The van der Waals surface area contributed by atoms with Gasteiger partial charge in [-0.15, -0.1) is 0 Å². The fourth-order valence-corrected chi connectivity index (χ4v) is 1.56. The van der Waals surface area contributed by atoms with E-state index in [0.29, 0.717) is 17.2 Å². The molecule has 0 radical (unpaired) electrons. The molecule has 18 heavy (non-hydrogen) atoms. The molecule has 0 unspecified atom stereocenters. The molecule has 1 heterocycles. The molecule has 3 nitrogen and oxygen atoms in total. The molecule has 0 atom stereocenters. The van der Waals surface area contributed by atoms with E-state index in [1.807, 2.05) is 13.8 Å². The lowest BCUT2D eigenvalue weighted by Crippen LogP contribution is -2.02. The van der Waals surface area contributed by atoms with E-state index in [4.69, 9.17) is 5.73 Å². The summed E-state index contributed by atoms with van der Waals surface area (Å²) in [7, 11) is 0. The average molecular weight is 249 g/mol. The van der Waals surface area contributed by atoms with Crippen LogP contribution in [0.5, 0.6) is 0 Å². The maximum absolute atomic E-state index is 12.4. The lowest BCUT2D eigenvalue weighted by molar-refractivity contribution is 0.151. The summed E-state index contributed by atoms with van der Waals surface area (Å²) < 4.78 is 24.9. The molecule has 0 aliphatic carbocycles. The number of anilines is 1. The van der Waals surface area contributed by atoms with Gasteiger partial charge in [0.1, 0.15) is 5.82 Å². The highest BCUT2D eigenvalue weighted by Crippen LogP contribution is 2.23. The molecule has 0 aliphatic rings. The number of nitrogens with zero attached hydrogens (tertiary/aromatic N) is 2. The second-order valence-electron chi connectivity index (χ2n) is 4.07. The highest BCUT2D eigenvalue weighted by molar-refractivity contribution is 5.59. The normalized spacial score (nSPS) is 10.9. The first-order valence-corrected chi connectivity index (χ1v) is 5.48. The van der Waals surface area contributed by atoms with Crippen LogP contribution in [0.1, 0.15) is 23.2 Å². The van der Waals surface area contributed by atoms with Crippen LogP contribution >= 0.6 is 0 Å². The van der Waals surface area contributed by atoms with E-state index in [9.17, 15) is 8.78 Å². The van der Waals surface area contributed by atoms with Crippen LogP contribution in [0.25, 0.3) is 11.4 Å². The molecule has 0 bridgehead atoms. The number of hydrogen-bond donors (Lipinski definition) is 1. The van der Waals surface area contributed by atoms with Crippen molar-refractivity contribution >= 4 is 5.82 Å². The topological polar surface area (TPSA) is 51.8 Å². The van der Waals surface area contributed by atoms with E-state index in [2.05, 4.69) is 9.97 Å². The van der Waals surface area contributed by atoms with Crippen LogP contribution in [-0.4, -0.2) is 9.97 Å². The maximum Gasteiger partial charge on any atom is 0.263 e. The summed E-state index contributed by atoms with van der Waals surface area (Å²) in [6.45, 7) is 3.68. The molecule has 2 aromatic rings. The van der Waals surface area contributed by atoms with Gasteiger partial charge in [-0.05, 0) is 13.8 Å². The van der Waals surface area contributed by atoms with E-state index < -0.39 is 6.43 Å². The van der Waals surface area contributed by atoms with Crippen LogP contribution < -0.4 is 5.73 Å². The number of aromatic nitrogens is 2. The molecule has 94 valence electrons. The summed E-state index contributed by atoms with van der Waals surface area (Å²) in [4.78, 5) is 8.46. The molecular weight excluding hydrogens is 236 g/mol. The van der Waals surface area contributed by atoms with E-state index in [0.717, 1.165) is 11.3 Å². The Morgan fingerprint density at radius 3 is 2.17 bits per heavy atom. The van der Waals surface area contributed by atoms with Gasteiger partial charge in [-0.1, -0.05) is 24.3 Å². The Morgan fingerprint density at radius 1 is 1.06 bits per heavy atom. The lowest BCUT2D eigenvalue weighted by Gasteiger charge is -2.07. The molecule has 0 saturated heterocycles. The van der Waals surface area contributed by atoms with Crippen LogP contribution in [0.15, 0.2) is 24.3 Å². The lowest BCUT2D eigenvalue weighted by atomic mass is 10.1. The molecule has 0 aliphatic heterocycles. The van der Waals surface area contributed by atoms with Crippen LogP contribution in [0.2, 0.25) is 0 Å². The first-order valence-electron chi connectivity index (χ1n) is 5.48. The van der Waals surface area contributed by atoms with Gasteiger partial charge >= 0.3 is 0 Å². The highest BCUT2D eigenvalue weighted by atomic mass is 19.3. The molecule has 5 heteroatoms. The van der Waals surface area contributed by atoms with Crippen LogP contribution in [0, 0.1) is 13.8 Å². The zero-order valence-corrected chi connectivity index (χ0v) is 10.1. The van der Waals surface area contributed by atoms with E-state index >= 15 is 0 Å². The minimum Gasteiger partial charge on any atom is -0.383 e. The molecule has 0 amide bonds. The largest absolute Gasteiger partial charge is 0.383 e. The quantitative estimate of drug-likeness (QED) is 0.888. The summed E-state index contributed by atoms with van der Waals surface area (Å²) in [6, 6.07) is 5.89. The van der Waals surface area contributed by atoms with Gasteiger partial charge in [-0.3, -0.25) is 0 Å². The maximum atomic E-state index is 12.4. The average Bonchev–Trinajstić information content (AvgIpc) is 2.35. The van der Waals surface area contributed by atoms with Crippen molar-refractivity contribution in [2.24, 2.45) is 0 Å². The molecule has 0 saturated carbocycles. The smallest absolute Gasteiger partial charge is 0.263 e. The third kappa shape index (κ3) is 2.30. The van der Waals surface area contributed by atoms with Gasteiger partial charge in [0.2, 0.25) is 0 Å². The van der Waals surface area contributed by atoms with Gasteiger partial charge in [-0.25, -0.2) is 18.7 Å². The van der Waals surface area contributed by atoms with Gasteiger partial charge in [0.25, 0.3) is 6.43 Å². The van der Waals surface area contributed by atoms with Crippen molar-refractivity contribution in [3.05, 3.63) is 41.1 Å². The van der Waals surface area contributed by atoms with E-state index in [1.165, 1.54) is 12.1 Å². The number of nitrogen functional groups attached to an aromatic ring is 1. The van der Waals surface area contributed by atoms with Gasteiger partial charge in [-0.2, -0.15) is 0 Å². The number of halogens is 2. The standard InChI is InChI=1S/C13H13F2N3/c1-7-8(2)17-13(18-12(7)16)10-5-3-9(4-6-10)11(14)15/h3-6,11H,1-2H3,(H2,16,17,18). The van der Waals surface area contributed by atoms with Crippen molar-refractivity contribution < 1.29 is 8.78 Å². The zero-order valence-electron chi connectivity index (χ0n) is 10.1. The Balaban J connectivity index is 2.43. The molecule has 2 N–H and O–H groups in total. The summed E-state index contributed by atoms with van der Waals surface area (Å²) >= 11 is 0. The molecule has 2 rings (SSSR count). The SMILES string of the molecule is Cc1nc(-c2ccc(C(F)F)cc2)nc(N)c1C. The van der Waals surface area contributed by atoms with Crippen LogP contribution in [0.3, 0.4) is 0 Å². The third-order valence-corrected chi connectivity index (χ3v) is 2.85. The Kier molecular flexibility index (Phi) is 3.23. The Morgan fingerprint density at radius 2 is 1.67 bits per heavy atom. The minimum absolute atomic E-state index is 0.0180. The Labute approximate surface area is 104 Å². The number of hydrogen-bond acceptors (Lipinski definition) is 3. The van der Waals surface area contributed by atoms with Crippen molar-refractivity contribution in [3.8, 4) is 11.4 Å². The molecule has 1 aromatic heterocycles. The Hall–Kier alpha value is -2.04. The van der Waals surface area contributed by atoms with Gasteiger partial charge < -0.3 is 5.73 Å². The predicted octanol–water partition coefficient (Wildman–Crippen LogP) is 3.28. The van der Waals surface area contributed by atoms with E-state index in [1.54, 1.807) is 12.1 Å². The third-order valence-electron chi connectivity index (χ3n) is 2.85. The Bertz CT molecular complexity index is 542. The first-order chi connectivity index (χ1) is 8.49. The molecule has 0 fully saturated rings. The van der Waals surface area contributed by atoms with Gasteiger partial charge in [0.15, 0.2) is 5.82 Å². The zero-order chi connectivity index (χ0) is 13.3. The summed E-state index contributed by atoms with van der Waals surface area (Å²) in [6.07, 6.45) is -2.47. The number of aryl methyl sites for hydroxylation is 1. The van der Waals surface area contributed by atoms with Crippen molar-refractivity contribution in [2.45, 2.75) is 20.3 Å². The minimum atomic E-state index is -2.47. The number of nitrogens with two attached hydrogens (primary N) is 1. The summed E-state index contributed by atoms with van der Waals surface area (Å²) in [5, 5.41) is 0. The second-order valence-corrected chi connectivity index (χ2v) is 4.07. The van der Waals surface area contributed by atoms with Gasteiger partial charge in [0, 0.05) is 22.4 Å². The highest BCUT2D eigenvalue weighted by Gasteiger charge is 2.10. The fraction of sp³-hybridized carbons (Fsp3) is 0.231.